The van der Waals surface area contributed by atoms with Crippen LogP contribution in [0, 0.1) is 9.39 Å². The maximum Gasteiger partial charge on any atom is 0.123 e. The summed E-state index contributed by atoms with van der Waals surface area (Å²) in [4.78, 5) is 0. The Labute approximate surface area is 118 Å². The lowest BCUT2D eigenvalue weighted by molar-refractivity contribution is 0.628. The van der Waals surface area contributed by atoms with Crippen LogP contribution in [-0.2, 0) is 7.05 Å². The average molecular weight is 351 g/mol. The first-order valence-electron chi connectivity index (χ1n) is 5.67. The van der Waals surface area contributed by atoms with E-state index in [9.17, 15) is 4.39 Å². The molecule has 0 aliphatic rings. The third-order valence-corrected chi connectivity index (χ3v) is 4.10. The molecule has 3 heteroatoms. The Hall–Kier alpha value is -1.36. The molecule has 0 saturated carbocycles. The van der Waals surface area contributed by atoms with Crippen molar-refractivity contribution in [2.24, 2.45) is 7.05 Å². The summed E-state index contributed by atoms with van der Waals surface area (Å²) in [6.45, 7) is 0. The molecule has 0 aliphatic heterocycles. The zero-order valence-corrected chi connectivity index (χ0v) is 12.0. The minimum absolute atomic E-state index is 0.198. The number of rotatable bonds is 1. The first-order chi connectivity index (χ1) is 8.66. The van der Waals surface area contributed by atoms with Crippen molar-refractivity contribution in [2.45, 2.75) is 0 Å². The minimum atomic E-state index is -0.198. The van der Waals surface area contributed by atoms with Gasteiger partial charge < -0.3 is 4.57 Å². The zero-order valence-electron chi connectivity index (χ0n) is 9.82. The molecule has 0 amide bonds. The Morgan fingerprint density at radius 3 is 2.61 bits per heavy atom. The Balaban J connectivity index is 2.31. The molecule has 1 heterocycles. The van der Waals surface area contributed by atoms with Gasteiger partial charge in [0.2, 0.25) is 0 Å². The van der Waals surface area contributed by atoms with Gasteiger partial charge in [0, 0.05) is 32.8 Å². The molecule has 3 rings (SSSR count). The molecule has 0 saturated heterocycles. The van der Waals surface area contributed by atoms with Gasteiger partial charge in [0.15, 0.2) is 0 Å². The molecule has 0 fully saturated rings. The summed E-state index contributed by atoms with van der Waals surface area (Å²) in [6, 6.07) is 15.2. The Morgan fingerprint density at radius 1 is 1.06 bits per heavy atom. The van der Waals surface area contributed by atoms with Gasteiger partial charge in [-0.15, -0.1) is 0 Å². The van der Waals surface area contributed by atoms with E-state index < -0.39 is 0 Å². The average Bonchev–Trinajstić information content (AvgIpc) is 2.71. The van der Waals surface area contributed by atoms with Gasteiger partial charge in [0.05, 0.1) is 0 Å². The lowest BCUT2D eigenvalue weighted by atomic mass is 10.1. The molecule has 0 unspecified atom stereocenters. The van der Waals surface area contributed by atoms with Gasteiger partial charge in [0.25, 0.3) is 0 Å². The number of aryl methyl sites for hydroxylation is 1. The maximum absolute atomic E-state index is 13.4. The van der Waals surface area contributed by atoms with Crippen molar-refractivity contribution >= 4 is 33.5 Å². The van der Waals surface area contributed by atoms with Crippen LogP contribution >= 0.6 is 22.6 Å². The van der Waals surface area contributed by atoms with E-state index in [-0.39, 0.29) is 5.82 Å². The second-order valence-corrected chi connectivity index (χ2v) is 5.43. The van der Waals surface area contributed by atoms with E-state index in [0.29, 0.717) is 0 Å². The Kier molecular flexibility index (Phi) is 2.86. The number of fused-ring (bicyclic) bond motifs is 1. The summed E-state index contributed by atoms with van der Waals surface area (Å²) < 4.78 is 16.6. The van der Waals surface area contributed by atoms with Crippen molar-refractivity contribution in [2.75, 3.05) is 0 Å². The van der Waals surface area contributed by atoms with Gasteiger partial charge in [-0.3, -0.25) is 0 Å². The number of hydrogen-bond acceptors (Lipinski definition) is 0. The van der Waals surface area contributed by atoms with E-state index >= 15 is 0 Å². The highest BCUT2D eigenvalue weighted by Gasteiger charge is 2.11. The second kappa shape index (κ2) is 4.39. The molecule has 0 aliphatic carbocycles. The second-order valence-electron chi connectivity index (χ2n) is 4.27. The van der Waals surface area contributed by atoms with Crippen LogP contribution in [0.1, 0.15) is 0 Å². The lowest BCUT2D eigenvalue weighted by Crippen LogP contribution is -1.93. The molecule has 0 radical (unpaired) electrons. The Morgan fingerprint density at radius 2 is 1.83 bits per heavy atom. The van der Waals surface area contributed by atoms with Gasteiger partial charge in [-0.1, -0.05) is 18.2 Å². The number of benzene rings is 2. The predicted molar refractivity (Wildman–Crippen MR) is 81.0 cm³/mol. The van der Waals surface area contributed by atoms with Crippen LogP contribution in [0.3, 0.4) is 0 Å². The van der Waals surface area contributed by atoms with Crippen LogP contribution in [0.5, 0.6) is 0 Å². The van der Waals surface area contributed by atoms with E-state index in [4.69, 9.17) is 0 Å². The van der Waals surface area contributed by atoms with E-state index in [1.54, 1.807) is 6.07 Å². The van der Waals surface area contributed by atoms with Crippen LogP contribution in [0.25, 0.3) is 22.2 Å². The molecule has 1 aromatic heterocycles. The van der Waals surface area contributed by atoms with Crippen LogP contribution in [0.4, 0.5) is 4.39 Å². The molecule has 0 N–H and O–H groups in total. The molecule has 18 heavy (non-hydrogen) atoms. The number of halogens is 2. The number of aromatic nitrogens is 1. The van der Waals surface area contributed by atoms with Gasteiger partial charge in [-0.25, -0.2) is 4.39 Å². The summed E-state index contributed by atoms with van der Waals surface area (Å²) >= 11 is 2.24. The van der Waals surface area contributed by atoms with Crippen LogP contribution in [0.15, 0.2) is 48.5 Å². The number of para-hydroxylation sites is 1. The third kappa shape index (κ3) is 1.82. The smallest absolute Gasteiger partial charge is 0.123 e. The highest BCUT2D eigenvalue weighted by molar-refractivity contribution is 14.1. The van der Waals surface area contributed by atoms with Crippen LogP contribution in [-0.4, -0.2) is 4.57 Å². The van der Waals surface area contributed by atoms with Crippen molar-refractivity contribution in [1.82, 2.24) is 4.57 Å². The van der Waals surface area contributed by atoms with E-state index in [2.05, 4.69) is 45.4 Å². The monoisotopic (exact) mass is 351 g/mol. The van der Waals surface area contributed by atoms with Crippen molar-refractivity contribution in [3.8, 4) is 11.3 Å². The molecule has 0 bridgehead atoms. The van der Waals surface area contributed by atoms with Crippen LogP contribution < -0.4 is 0 Å². The molecule has 0 atom stereocenters. The van der Waals surface area contributed by atoms with Gasteiger partial charge in [-0.05, 0) is 52.9 Å². The van der Waals surface area contributed by atoms with E-state index in [1.165, 1.54) is 11.5 Å². The molecular weight excluding hydrogens is 340 g/mol. The quantitative estimate of drug-likeness (QED) is 0.565. The SMILES string of the molecule is Cn1c(-c2cc(F)ccc2I)cc2ccccc21. The van der Waals surface area contributed by atoms with E-state index in [0.717, 1.165) is 20.3 Å². The third-order valence-electron chi connectivity index (χ3n) is 3.16. The number of nitrogens with zero attached hydrogens (tertiary/aromatic N) is 1. The molecule has 3 aromatic rings. The summed E-state index contributed by atoms with van der Waals surface area (Å²) in [5.41, 5.74) is 3.14. The highest BCUT2D eigenvalue weighted by atomic mass is 127. The first-order valence-corrected chi connectivity index (χ1v) is 6.74. The van der Waals surface area contributed by atoms with Crippen molar-refractivity contribution in [3.63, 3.8) is 0 Å². The minimum Gasteiger partial charge on any atom is -0.344 e. The van der Waals surface area contributed by atoms with Crippen molar-refractivity contribution in [3.05, 3.63) is 57.9 Å². The van der Waals surface area contributed by atoms with Gasteiger partial charge in [0.1, 0.15) is 5.82 Å². The van der Waals surface area contributed by atoms with Crippen molar-refractivity contribution in [1.29, 1.82) is 0 Å². The Bertz CT molecular complexity index is 730. The van der Waals surface area contributed by atoms with Crippen molar-refractivity contribution < 1.29 is 4.39 Å². The zero-order chi connectivity index (χ0) is 12.7. The fraction of sp³-hybridized carbons (Fsp3) is 0.0667. The standard InChI is InChI=1S/C15H11FIN/c1-18-14-5-3-2-4-10(14)8-15(18)12-9-11(16)6-7-13(12)17/h2-9H,1H3. The largest absolute Gasteiger partial charge is 0.344 e. The van der Waals surface area contributed by atoms with E-state index in [1.807, 2.05) is 25.2 Å². The fourth-order valence-corrected chi connectivity index (χ4v) is 2.85. The van der Waals surface area contributed by atoms with Gasteiger partial charge >= 0.3 is 0 Å². The molecular formula is C15H11FIN. The van der Waals surface area contributed by atoms with Gasteiger partial charge in [-0.2, -0.15) is 0 Å². The van der Waals surface area contributed by atoms with Crippen LogP contribution in [0.2, 0.25) is 0 Å². The lowest BCUT2D eigenvalue weighted by Gasteiger charge is -2.07. The molecule has 90 valence electrons. The molecule has 2 aromatic carbocycles. The number of hydrogen-bond donors (Lipinski definition) is 0. The summed E-state index contributed by atoms with van der Waals surface area (Å²) in [5, 5.41) is 1.18. The topological polar surface area (TPSA) is 4.93 Å². The summed E-state index contributed by atoms with van der Waals surface area (Å²) in [5.74, 6) is -0.198. The fourth-order valence-electron chi connectivity index (χ4n) is 2.24. The maximum atomic E-state index is 13.4. The molecule has 1 nitrogen and oxygen atoms in total. The normalized spacial score (nSPS) is 11.1. The first kappa shape index (κ1) is 11.7. The molecule has 0 spiro atoms. The summed E-state index contributed by atoms with van der Waals surface area (Å²) in [7, 11) is 2.01. The highest BCUT2D eigenvalue weighted by Crippen LogP contribution is 2.30. The predicted octanol–water partition coefficient (Wildman–Crippen LogP) is 4.59. The summed E-state index contributed by atoms with van der Waals surface area (Å²) in [6.07, 6.45) is 0.